The van der Waals surface area contributed by atoms with Gasteiger partial charge in [0.2, 0.25) is 0 Å². The third kappa shape index (κ3) is 6.25. The molecule has 0 unspecified atom stereocenters. The maximum absolute atomic E-state index is 14.0. The largest absolute Gasteiger partial charge is 0.383 e. The van der Waals surface area contributed by atoms with Crippen LogP contribution in [0.2, 0.25) is 0 Å². The van der Waals surface area contributed by atoms with Gasteiger partial charge in [-0.1, -0.05) is 30.3 Å². The molecule has 0 N–H and O–H groups in total. The topological polar surface area (TPSA) is 33.5 Å². The van der Waals surface area contributed by atoms with Gasteiger partial charge in [-0.25, -0.2) is 9.07 Å². The number of rotatable bonds is 10. The molecule has 1 aliphatic rings. The number of benzene rings is 2. The third-order valence-corrected chi connectivity index (χ3v) is 6.27. The summed E-state index contributed by atoms with van der Waals surface area (Å²) in [5.41, 5.74) is 3.16. The van der Waals surface area contributed by atoms with E-state index >= 15 is 0 Å². The van der Waals surface area contributed by atoms with Crippen LogP contribution in [0.25, 0.3) is 5.69 Å². The molecule has 1 aromatic heterocycles. The van der Waals surface area contributed by atoms with E-state index in [0.29, 0.717) is 12.5 Å². The van der Waals surface area contributed by atoms with E-state index in [0.717, 1.165) is 63.4 Å². The molecule has 5 nitrogen and oxygen atoms in total. The molecule has 1 aliphatic heterocycles. The predicted octanol–water partition coefficient (Wildman–Crippen LogP) is 4.37. The SMILES string of the molecule is COCCN(Cc1cccc(-n2cccn2)c1)CC1CCN(Cc2ccccc2F)CC1. The van der Waals surface area contributed by atoms with Crippen molar-refractivity contribution in [3.8, 4) is 5.69 Å². The van der Waals surface area contributed by atoms with Crippen molar-refractivity contribution in [2.75, 3.05) is 39.9 Å². The lowest BCUT2D eigenvalue weighted by Crippen LogP contribution is -2.39. The molecule has 6 heteroatoms. The lowest BCUT2D eigenvalue weighted by Gasteiger charge is -2.35. The Morgan fingerprint density at radius 3 is 2.69 bits per heavy atom. The molecule has 1 saturated heterocycles. The van der Waals surface area contributed by atoms with Gasteiger partial charge in [-0.3, -0.25) is 9.80 Å². The van der Waals surface area contributed by atoms with Crippen LogP contribution < -0.4 is 0 Å². The zero-order valence-corrected chi connectivity index (χ0v) is 18.9. The highest BCUT2D eigenvalue weighted by Gasteiger charge is 2.22. The Bertz CT molecular complexity index is 954. The maximum atomic E-state index is 14.0. The molecular formula is C26H33FN4O. The van der Waals surface area contributed by atoms with Gasteiger partial charge < -0.3 is 4.74 Å². The molecule has 0 atom stereocenters. The minimum atomic E-state index is -0.0993. The van der Waals surface area contributed by atoms with Crippen molar-refractivity contribution < 1.29 is 9.13 Å². The highest BCUT2D eigenvalue weighted by molar-refractivity contribution is 5.35. The molecule has 0 aliphatic carbocycles. The monoisotopic (exact) mass is 436 g/mol. The van der Waals surface area contributed by atoms with Gasteiger partial charge in [0, 0.05) is 51.2 Å². The minimum Gasteiger partial charge on any atom is -0.383 e. The average Bonchev–Trinajstić information content (AvgIpc) is 3.36. The highest BCUT2D eigenvalue weighted by atomic mass is 19.1. The van der Waals surface area contributed by atoms with E-state index in [1.165, 1.54) is 5.56 Å². The average molecular weight is 437 g/mol. The molecule has 4 rings (SSSR count). The molecule has 3 aromatic rings. The van der Waals surface area contributed by atoms with E-state index in [1.807, 2.05) is 29.1 Å². The number of halogens is 1. The smallest absolute Gasteiger partial charge is 0.127 e. The highest BCUT2D eigenvalue weighted by Crippen LogP contribution is 2.22. The fraction of sp³-hybridized carbons (Fsp3) is 0.423. The number of ether oxygens (including phenoxy) is 1. The van der Waals surface area contributed by atoms with Gasteiger partial charge >= 0.3 is 0 Å². The van der Waals surface area contributed by atoms with Crippen molar-refractivity contribution in [1.29, 1.82) is 0 Å². The zero-order chi connectivity index (χ0) is 22.2. The van der Waals surface area contributed by atoms with Gasteiger partial charge in [0.1, 0.15) is 5.82 Å². The number of methoxy groups -OCH3 is 1. The van der Waals surface area contributed by atoms with Gasteiger partial charge in [0.15, 0.2) is 0 Å². The second kappa shape index (κ2) is 11.4. The first-order valence-electron chi connectivity index (χ1n) is 11.5. The second-order valence-electron chi connectivity index (χ2n) is 8.66. The van der Waals surface area contributed by atoms with Crippen molar-refractivity contribution in [2.24, 2.45) is 5.92 Å². The van der Waals surface area contributed by atoms with Crippen LogP contribution in [0.15, 0.2) is 67.0 Å². The van der Waals surface area contributed by atoms with Crippen LogP contribution in [-0.2, 0) is 17.8 Å². The van der Waals surface area contributed by atoms with Crippen molar-refractivity contribution in [2.45, 2.75) is 25.9 Å². The summed E-state index contributed by atoms with van der Waals surface area (Å²) in [6.45, 7) is 6.34. The van der Waals surface area contributed by atoms with Crippen molar-refractivity contribution in [3.63, 3.8) is 0 Å². The first-order valence-corrected chi connectivity index (χ1v) is 11.5. The molecule has 0 bridgehead atoms. The standard InChI is InChI=1S/C26H33FN4O/c1-32-17-16-30(20-23-6-4-8-25(18-23)31-13-5-12-28-31)19-22-10-14-29(15-11-22)21-24-7-2-3-9-26(24)27/h2-9,12-13,18,22H,10-11,14-17,19-21H2,1H3. The predicted molar refractivity (Wildman–Crippen MR) is 125 cm³/mol. The van der Waals surface area contributed by atoms with E-state index in [-0.39, 0.29) is 5.82 Å². The number of hydrogen-bond donors (Lipinski definition) is 0. The zero-order valence-electron chi connectivity index (χ0n) is 18.9. The van der Waals surface area contributed by atoms with Crippen LogP contribution in [0.3, 0.4) is 0 Å². The summed E-state index contributed by atoms with van der Waals surface area (Å²) in [5, 5.41) is 4.35. The summed E-state index contributed by atoms with van der Waals surface area (Å²) in [6.07, 6.45) is 6.06. The van der Waals surface area contributed by atoms with Crippen LogP contribution in [0.5, 0.6) is 0 Å². The summed E-state index contributed by atoms with van der Waals surface area (Å²) in [4.78, 5) is 4.88. The number of piperidine rings is 1. The Balaban J connectivity index is 1.32. The Hall–Kier alpha value is -2.54. The fourth-order valence-corrected chi connectivity index (χ4v) is 4.49. The molecule has 0 saturated carbocycles. The summed E-state index contributed by atoms with van der Waals surface area (Å²) in [6, 6.07) is 17.6. The quantitative estimate of drug-likeness (QED) is 0.473. The molecule has 0 radical (unpaired) electrons. The Morgan fingerprint density at radius 2 is 1.94 bits per heavy atom. The summed E-state index contributed by atoms with van der Waals surface area (Å²) in [5.74, 6) is 0.552. The first-order chi connectivity index (χ1) is 15.7. The normalized spacial score (nSPS) is 15.5. The molecule has 0 amide bonds. The van der Waals surface area contributed by atoms with E-state index in [1.54, 1.807) is 25.4 Å². The lowest BCUT2D eigenvalue weighted by molar-refractivity contribution is 0.106. The van der Waals surface area contributed by atoms with Crippen LogP contribution in [0.4, 0.5) is 4.39 Å². The lowest BCUT2D eigenvalue weighted by atomic mass is 9.95. The summed E-state index contributed by atoms with van der Waals surface area (Å²) < 4.78 is 21.3. The summed E-state index contributed by atoms with van der Waals surface area (Å²) >= 11 is 0. The number of aromatic nitrogens is 2. The molecule has 32 heavy (non-hydrogen) atoms. The second-order valence-corrected chi connectivity index (χ2v) is 8.66. The molecule has 1 fully saturated rings. The minimum absolute atomic E-state index is 0.0993. The number of likely N-dealkylation sites (tertiary alicyclic amines) is 1. The van der Waals surface area contributed by atoms with Crippen molar-refractivity contribution in [3.05, 3.63) is 83.9 Å². The molecule has 0 spiro atoms. The van der Waals surface area contributed by atoms with Gasteiger partial charge in [0.25, 0.3) is 0 Å². The van der Waals surface area contributed by atoms with Crippen LogP contribution in [0.1, 0.15) is 24.0 Å². The van der Waals surface area contributed by atoms with Gasteiger partial charge in [0.05, 0.1) is 12.3 Å². The Kier molecular flexibility index (Phi) is 8.04. The van der Waals surface area contributed by atoms with Crippen LogP contribution >= 0.6 is 0 Å². The van der Waals surface area contributed by atoms with Crippen LogP contribution in [0, 0.1) is 11.7 Å². The first kappa shape index (κ1) is 22.6. The van der Waals surface area contributed by atoms with Crippen LogP contribution in [-0.4, -0.2) is 59.5 Å². The van der Waals surface area contributed by atoms with Crippen molar-refractivity contribution in [1.82, 2.24) is 19.6 Å². The third-order valence-electron chi connectivity index (χ3n) is 6.27. The Morgan fingerprint density at radius 1 is 1.09 bits per heavy atom. The maximum Gasteiger partial charge on any atom is 0.127 e. The molecule has 2 aromatic carbocycles. The number of hydrogen-bond acceptors (Lipinski definition) is 4. The van der Waals surface area contributed by atoms with E-state index in [4.69, 9.17) is 4.74 Å². The van der Waals surface area contributed by atoms with Gasteiger partial charge in [-0.15, -0.1) is 0 Å². The van der Waals surface area contributed by atoms with Gasteiger partial charge in [-0.05, 0) is 61.7 Å². The van der Waals surface area contributed by atoms with Gasteiger partial charge in [-0.2, -0.15) is 5.10 Å². The molecule has 2 heterocycles. The van der Waals surface area contributed by atoms with Crippen molar-refractivity contribution >= 4 is 0 Å². The van der Waals surface area contributed by atoms with E-state index < -0.39 is 0 Å². The number of nitrogens with zero attached hydrogens (tertiary/aromatic N) is 4. The summed E-state index contributed by atoms with van der Waals surface area (Å²) in [7, 11) is 1.76. The fourth-order valence-electron chi connectivity index (χ4n) is 4.49. The molecule has 170 valence electrons. The Labute approximate surface area is 190 Å². The van der Waals surface area contributed by atoms with E-state index in [9.17, 15) is 4.39 Å². The van der Waals surface area contributed by atoms with E-state index in [2.05, 4.69) is 39.2 Å². The molecular weight excluding hydrogens is 403 g/mol.